The number of nitrogens with zero attached hydrogens (tertiary/aromatic N) is 4. The zero-order valence-electron chi connectivity index (χ0n) is 19.6. The first-order chi connectivity index (χ1) is 18.4. The van der Waals surface area contributed by atoms with Gasteiger partial charge in [0.05, 0.1) is 26.6 Å². The molecular weight excluding hydrogens is 524 g/mol. The molecule has 0 atom stereocenters. The maximum absolute atomic E-state index is 12.8. The Balaban J connectivity index is 1.42. The number of nitrogens with one attached hydrogen (secondary N) is 2. The largest absolute Gasteiger partial charge is 0.295 e. The number of nitro groups is 1. The maximum Gasteiger partial charge on any atom is 0.295 e. The summed E-state index contributed by atoms with van der Waals surface area (Å²) >= 11 is 1.53. The molecule has 0 spiro atoms. The lowest BCUT2D eigenvalue weighted by Gasteiger charge is -2.09. The van der Waals surface area contributed by atoms with Crippen molar-refractivity contribution in [2.45, 2.75) is 4.90 Å². The van der Waals surface area contributed by atoms with Gasteiger partial charge in [0.2, 0.25) is 0 Å². The van der Waals surface area contributed by atoms with Crippen LogP contribution in [-0.4, -0.2) is 29.3 Å². The number of anilines is 2. The van der Waals surface area contributed by atoms with Crippen LogP contribution in [0.4, 0.5) is 17.1 Å². The molecule has 5 aromatic rings. The zero-order valence-corrected chi connectivity index (χ0v) is 21.3. The molecule has 10 nitrogen and oxygen atoms in total. The average molecular weight is 545 g/mol. The van der Waals surface area contributed by atoms with Gasteiger partial charge in [-0.05, 0) is 47.8 Å². The van der Waals surface area contributed by atoms with E-state index in [4.69, 9.17) is 5.10 Å². The van der Waals surface area contributed by atoms with Gasteiger partial charge in [0, 0.05) is 23.5 Å². The number of hydrogen-bond donors (Lipinski definition) is 2. The molecule has 0 amide bonds. The Morgan fingerprint density at radius 2 is 1.71 bits per heavy atom. The van der Waals surface area contributed by atoms with Gasteiger partial charge in [-0.15, -0.1) is 11.3 Å². The van der Waals surface area contributed by atoms with Gasteiger partial charge in [0.1, 0.15) is 11.4 Å². The number of para-hydroxylation sites is 2. The number of rotatable bonds is 9. The molecule has 0 radical (unpaired) electrons. The van der Waals surface area contributed by atoms with Crippen LogP contribution >= 0.6 is 11.3 Å². The van der Waals surface area contributed by atoms with E-state index in [-0.39, 0.29) is 10.6 Å². The van der Waals surface area contributed by atoms with Crippen LogP contribution < -0.4 is 10.1 Å². The highest BCUT2D eigenvalue weighted by atomic mass is 32.2. The number of benzene rings is 3. The molecule has 0 aliphatic heterocycles. The third-order valence-electron chi connectivity index (χ3n) is 5.41. The van der Waals surface area contributed by atoms with Gasteiger partial charge < -0.3 is 0 Å². The molecule has 2 aromatic heterocycles. The minimum absolute atomic E-state index is 0.0398. The molecule has 5 rings (SSSR count). The predicted molar refractivity (Wildman–Crippen MR) is 148 cm³/mol. The fourth-order valence-corrected chi connectivity index (χ4v) is 5.42. The van der Waals surface area contributed by atoms with E-state index in [1.165, 1.54) is 29.7 Å². The van der Waals surface area contributed by atoms with Gasteiger partial charge in [-0.3, -0.25) is 20.3 Å². The third-order valence-corrected chi connectivity index (χ3v) is 7.66. The molecule has 0 bridgehead atoms. The fraction of sp³-hybridized carbons (Fsp3) is 0. The van der Waals surface area contributed by atoms with Crippen LogP contribution in [0.2, 0.25) is 0 Å². The lowest BCUT2D eigenvalue weighted by molar-refractivity contribution is -0.384. The second-order valence-electron chi connectivity index (χ2n) is 7.97. The summed E-state index contributed by atoms with van der Waals surface area (Å²) in [5.74, 6) is 0. The molecule has 0 aliphatic carbocycles. The lowest BCUT2D eigenvalue weighted by atomic mass is 10.2. The number of hydrogen-bond acceptors (Lipinski definition) is 8. The summed E-state index contributed by atoms with van der Waals surface area (Å²) in [6, 6.07) is 25.3. The van der Waals surface area contributed by atoms with E-state index < -0.39 is 20.6 Å². The zero-order chi connectivity index (χ0) is 26.5. The average Bonchev–Trinajstić information content (AvgIpc) is 3.60. The van der Waals surface area contributed by atoms with E-state index in [0.29, 0.717) is 16.9 Å². The van der Waals surface area contributed by atoms with E-state index in [1.54, 1.807) is 35.0 Å². The molecule has 0 saturated carbocycles. The summed E-state index contributed by atoms with van der Waals surface area (Å²) in [5, 5.41) is 22.6. The minimum Gasteiger partial charge on any atom is -0.280 e. The van der Waals surface area contributed by atoms with Gasteiger partial charge in [0.15, 0.2) is 0 Å². The first kappa shape index (κ1) is 24.9. The Hall–Kier alpha value is -4.81. The summed E-state index contributed by atoms with van der Waals surface area (Å²) in [5.41, 5.74) is 4.89. The van der Waals surface area contributed by atoms with Gasteiger partial charge in [-0.1, -0.05) is 42.5 Å². The summed E-state index contributed by atoms with van der Waals surface area (Å²) < 4.78 is 29.7. The SMILES string of the molecule is O=[N+]([O-])c1cc(S(=O)(=O)Nc2ccccc2)ccc1N/N=C/c1cn(-c2ccccc2)nc1-c1cccs1. The van der Waals surface area contributed by atoms with Crippen LogP contribution in [-0.2, 0) is 10.0 Å². The Morgan fingerprint density at radius 1 is 0.974 bits per heavy atom. The van der Waals surface area contributed by atoms with Crippen LogP contribution in [0.15, 0.2) is 113 Å². The molecule has 38 heavy (non-hydrogen) atoms. The molecule has 2 N–H and O–H groups in total. The van der Waals surface area contributed by atoms with E-state index in [0.717, 1.165) is 16.6 Å². The van der Waals surface area contributed by atoms with E-state index >= 15 is 0 Å². The van der Waals surface area contributed by atoms with Crippen molar-refractivity contribution in [1.29, 1.82) is 0 Å². The number of hydrazone groups is 1. The van der Waals surface area contributed by atoms with Crippen LogP contribution in [0.3, 0.4) is 0 Å². The molecule has 190 valence electrons. The summed E-state index contributed by atoms with van der Waals surface area (Å²) in [7, 11) is -4.03. The molecular formula is C26H20N6O4S2. The van der Waals surface area contributed by atoms with Crippen LogP contribution in [0.5, 0.6) is 0 Å². The molecule has 12 heteroatoms. The normalized spacial score (nSPS) is 11.5. The van der Waals surface area contributed by atoms with Crippen molar-refractivity contribution in [2.75, 3.05) is 10.1 Å². The van der Waals surface area contributed by atoms with Crippen molar-refractivity contribution in [2.24, 2.45) is 5.10 Å². The van der Waals surface area contributed by atoms with Gasteiger partial charge in [0.25, 0.3) is 15.7 Å². The fourth-order valence-electron chi connectivity index (χ4n) is 3.62. The second-order valence-corrected chi connectivity index (χ2v) is 10.6. The number of sulfonamides is 1. The predicted octanol–water partition coefficient (Wildman–Crippen LogP) is 5.76. The first-order valence-corrected chi connectivity index (χ1v) is 13.6. The van der Waals surface area contributed by atoms with Crippen molar-refractivity contribution < 1.29 is 13.3 Å². The molecule has 0 aliphatic rings. The van der Waals surface area contributed by atoms with Crippen molar-refractivity contribution in [1.82, 2.24) is 9.78 Å². The van der Waals surface area contributed by atoms with Gasteiger partial charge in [-0.25, -0.2) is 13.1 Å². The molecule has 0 fully saturated rings. The van der Waals surface area contributed by atoms with Crippen molar-refractivity contribution >= 4 is 44.6 Å². The summed E-state index contributed by atoms with van der Waals surface area (Å²) in [6.45, 7) is 0. The molecule has 3 aromatic carbocycles. The highest BCUT2D eigenvalue weighted by Gasteiger charge is 2.22. The quantitative estimate of drug-likeness (QED) is 0.138. The highest BCUT2D eigenvalue weighted by molar-refractivity contribution is 7.92. The Bertz CT molecular complexity index is 1700. The van der Waals surface area contributed by atoms with Crippen LogP contribution in [0.1, 0.15) is 5.56 Å². The maximum atomic E-state index is 12.8. The van der Waals surface area contributed by atoms with Gasteiger partial charge in [-0.2, -0.15) is 10.2 Å². The minimum atomic E-state index is -4.03. The number of aromatic nitrogens is 2. The molecule has 0 unspecified atom stereocenters. The highest BCUT2D eigenvalue weighted by Crippen LogP contribution is 2.30. The summed E-state index contributed by atoms with van der Waals surface area (Å²) in [6.07, 6.45) is 3.34. The third kappa shape index (κ3) is 5.45. The number of nitro benzene ring substituents is 1. The Kier molecular flexibility index (Phi) is 6.98. The van der Waals surface area contributed by atoms with Crippen molar-refractivity contribution in [3.8, 4) is 16.3 Å². The van der Waals surface area contributed by atoms with E-state index in [9.17, 15) is 18.5 Å². The Labute approximate surface area is 222 Å². The molecule has 0 saturated heterocycles. The summed E-state index contributed by atoms with van der Waals surface area (Å²) in [4.78, 5) is 11.8. The van der Waals surface area contributed by atoms with Gasteiger partial charge >= 0.3 is 0 Å². The van der Waals surface area contributed by atoms with Crippen LogP contribution in [0, 0.1) is 10.1 Å². The van der Waals surface area contributed by atoms with Crippen LogP contribution in [0.25, 0.3) is 16.3 Å². The smallest absolute Gasteiger partial charge is 0.280 e. The van der Waals surface area contributed by atoms with E-state index in [1.807, 2.05) is 54.0 Å². The number of thiophene rings is 1. The lowest BCUT2D eigenvalue weighted by Crippen LogP contribution is -2.13. The van der Waals surface area contributed by atoms with Crippen molar-refractivity contribution in [3.05, 3.63) is 118 Å². The van der Waals surface area contributed by atoms with Crippen molar-refractivity contribution in [3.63, 3.8) is 0 Å². The monoisotopic (exact) mass is 544 g/mol. The Morgan fingerprint density at radius 3 is 2.39 bits per heavy atom. The molecule has 2 heterocycles. The standard InChI is InChI=1S/C26H20N6O4S2/c33-32(34)24-16-22(38(35,36)30-20-8-3-1-4-9-20)13-14-23(24)28-27-17-19-18-31(21-10-5-2-6-11-21)29-26(19)25-12-7-15-37-25/h1-18,28,30H/b27-17+. The topological polar surface area (TPSA) is 132 Å². The van der Waals surface area contributed by atoms with E-state index in [2.05, 4.69) is 15.2 Å². The second kappa shape index (κ2) is 10.7. The first-order valence-electron chi connectivity index (χ1n) is 11.2.